The van der Waals surface area contributed by atoms with E-state index >= 15 is 0 Å². The Balaban J connectivity index is 1.92. The second kappa shape index (κ2) is 7.10. The maximum absolute atomic E-state index is 12.1. The molecule has 0 bridgehead atoms. The maximum Gasteiger partial charge on any atom is 0.172 e. The summed E-state index contributed by atoms with van der Waals surface area (Å²) in [5.74, 6) is 1.35. The highest BCUT2D eigenvalue weighted by molar-refractivity contribution is 7.99. The Morgan fingerprint density at radius 1 is 1.14 bits per heavy atom. The number of aryl methyl sites for hydroxylation is 2. The number of ketones is 1. The molecule has 2 nitrogen and oxygen atoms in total. The third-order valence-electron chi connectivity index (χ3n) is 3.39. The molecule has 0 unspecified atom stereocenters. The fraction of sp³-hybridized carbons (Fsp3) is 0.222. The van der Waals surface area contributed by atoms with Crippen LogP contribution in [0.2, 0.25) is 0 Å². The van der Waals surface area contributed by atoms with Gasteiger partial charge in [0.1, 0.15) is 0 Å². The quantitative estimate of drug-likeness (QED) is 0.773. The van der Waals surface area contributed by atoms with Crippen molar-refractivity contribution >= 4 is 17.5 Å². The number of thioether (sulfide) groups is 1. The van der Waals surface area contributed by atoms with Crippen LogP contribution in [0.3, 0.4) is 0 Å². The largest absolute Gasteiger partial charge is 0.293 e. The number of hydrogen-bond acceptors (Lipinski definition) is 3. The summed E-state index contributed by atoms with van der Waals surface area (Å²) >= 11 is 1.58. The lowest BCUT2D eigenvalue weighted by molar-refractivity contribution is 0.102. The molecule has 2 aromatic carbocycles. The van der Waals surface area contributed by atoms with E-state index in [1.807, 2.05) is 50.2 Å². The summed E-state index contributed by atoms with van der Waals surface area (Å²) in [5.41, 5.74) is 4.86. The van der Waals surface area contributed by atoms with E-state index in [2.05, 4.69) is 6.07 Å². The minimum Gasteiger partial charge on any atom is -0.293 e. The van der Waals surface area contributed by atoms with E-state index < -0.39 is 0 Å². The van der Waals surface area contributed by atoms with Gasteiger partial charge in [0.05, 0.1) is 17.4 Å². The molecule has 0 saturated heterocycles. The van der Waals surface area contributed by atoms with Gasteiger partial charge < -0.3 is 0 Å². The lowest BCUT2D eigenvalue weighted by atomic mass is 10.0. The van der Waals surface area contributed by atoms with E-state index in [1.165, 1.54) is 5.56 Å². The van der Waals surface area contributed by atoms with Gasteiger partial charge in [-0.25, -0.2) is 0 Å². The lowest BCUT2D eigenvalue weighted by Crippen LogP contribution is -2.03. The van der Waals surface area contributed by atoms with Gasteiger partial charge in [-0.1, -0.05) is 24.3 Å². The summed E-state index contributed by atoms with van der Waals surface area (Å²) in [6.45, 7) is 4.06. The second-order valence-electron chi connectivity index (χ2n) is 5.03. The Kier molecular flexibility index (Phi) is 5.19. The number of Topliss-reactive ketones (excluding diaryl/α,β-unsaturated/α-hetero) is 1. The van der Waals surface area contributed by atoms with Gasteiger partial charge in [0.25, 0.3) is 0 Å². The van der Waals surface area contributed by atoms with Gasteiger partial charge in [-0.3, -0.25) is 4.79 Å². The predicted molar refractivity (Wildman–Crippen MR) is 87.6 cm³/mol. The van der Waals surface area contributed by atoms with Crippen LogP contribution in [0.15, 0.2) is 42.5 Å². The van der Waals surface area contributed by atoms with Crippen LogP contribution in [-0.2, 0) is 5.75 Å². The molecule has 0 spiro atoms. The Bertz CT molecular complexity index is 701. The molecule has 0 heterocycles. The van der Waals surface area contributed by atoms with E-state index in [4.69, 9.17) is 5.26 Å². The van der Waals surface area contributed by atoms with Crippen molar-refractivity contribution in [2.45, 2.75) is 19.6 Å². The molecule has 2 aromatic rings. The summed E-state index contributed by atoms with van der Waals surface area (Å²) in [6.07, 6.45) is 0. The second-order valence-corrected chi connectivity index (χ2v) is 6.01. The molecule has 0 aliphatic heterocycles. The van der Waals surface area contributed by atoms with Gasteiger partial charge in [0.2, 0.25) is 0 Å². The lowest BCUT2D eigenvalue weighted by Gasteiger charge is -2.05. The number of nitriles is 1. The third-order valence-corrected chi connectivity index (χ3v) is 4.39. The highest BCUT2D eigenvalue weighted by Crippen LogP contribution is 2.17. The first-order chi connectivity index (χ1) is 10.1. The van der Waals surface area contributed by atoms with E-state index in [1.54, 1.807) is 17.8 Å². The first kappa shape index (κ1) is 15.3. The molecule has 0 saturated carbocycles. The van der Waals surface area contributed by atoms with Gasteiger partial charge in [0, 0.05) is 11.3 Å². The van der Waals surface area contributed by atoms with Gasteiger partial charge in [0.15, 0.2) is 5.78 Å². The first-order valence-electron chi connectivity index (χ1n) is 6.77. The Morgan fingerprint density at radius 3 is 2.67 bits per heavy atom. The number of hydrogen-bond donors (Lipinski definition) is 0. The Hall–Kier alpha value is -2.05. The van der Waals surface area contributed by atoms with Crippen LogP contribution in [0.5, 0.6) is 0 Å². The number of carbonyl (C=O) groups is 1. The Morgan fingerprint density at radius 2 is 1.95 bits per heavy atom. The van der Waals surface area contributed by atoms with Crippen LogP contribution in [-0.4, -0.2) is 11.5 Å². The predicted octanol–water partition coefficient (Wildman–Crippen LogP) is 4.29. The third kappa shape index (κ3) is 4.21. The summed E-state index contributed by atoms with van der Waals surface area (Å²) in [6, 6.07) is 15.5. The fourth-order valence-electron chi connectivity index (χ4n) is 1.99. The van der Waals surface area contributed by atoms with Gasteiger partial charge >= 0.3 is 0 Å². The normalized spacial score (nSPS) is 10.1. The molecular formula is C18H17NOS. The average Bonchev–Trinajstić information content (AvgIpc) is 2.50. The first-order valence-corrected chi connectivity index (χ1v) is 7.93. The summed E-state index contributed by atoms with van der Waals surface area (Å²) in [7, 11) is 0. The molecule has 2 rings (SSSR count). The minimum atomic E-state index is 0.152. The van der Waals surface area contributed by atoms with Crippen LogP contribution >= 0.6 is 11.8 Å². The molecule has 0 amide bonds. The highest BCUT2D eigenvalue weighted by Gasteiger charge is 2.07. The van der Waals surface area contributed by atoms with Crippen LogP contribution in [0.25, 0.3) is 0 Å². The average molecular weight is 295 g/mol. The molecule has 0 atom stereocenters. The monoisotopic (exact) mass is 295 g/mol. The zero-order chi connectivity index (χ0) is 15.2. The number of benzene rings is 2. The standard InChI is InChI=1S/C18H17NOS/c1-13-6-7-17(8-14(13)2)18(20)12-21-11-16-5-3-4-15(9-16)10-19/h3-9H,11-12H2,1-2H3. The number of carbonyl (C=O) groups excluding carboxylic acids is 1. The van der Waals surface area contributed by atoms with Gasteiger partial charge in [-0.2, -0.15) is 5.26 Å². The zero-order valence-electron chi connectivity index (χ0n) is 12.2. The van der Waals surface area contributed by atoms with Crippen molar-refractivity contribution < 1.29 is 4.79 Å². The van der Waals surface area contributed by atoms with Crippen LogP contribution in [0.4, 0.5) is 0 Å². The minimum absolute atomic E-state index is 0.152. The van der Waals surface area contributed by atoms with Crippen LogP contribution in [0.1, 0.15) is 32.6 Å². The van der Waals surface area contributed by atoms with Crippen molar-refractivity contribution in [2.24, 2.45) is 0 Å². The van der Waals surface area contributed by atoms with Gasteiger partial charge in [-0.05, 0) is 48.7 Å². The van der Waals surface area contributed by atoms with E-state index in [-0.39, 0.29) is 5.78 Å². The SMILES string of the molecule is Cc1ccc(C(=O)CSCc2cccc(C#N)c2)cc1C. The molecule has 0 aromatic heterocycles. The zero-order valence-corrected chi connectivity index (χ0v) is 13.0. The number of nitrogens with zero attached hydrogens (tertiary/aromatic N) is 1. The fourth-order valence-corrected chi connectivity index (χ4v) is 2.86. The van der Waals surface area contributed by atoms with Crippen molar-refractivity contribution in [3.8, 4) is 6.07 Å². The van der Waals surface area contributed by atoms with Crippen molar-refractivity contribution in [3.05, 3.63) is 70.3 Å². The molecule has 0 fully saturated rings. The van der Waals surface area contributed by atoms with Crippen LogP contribution < -0.4 is 0 Å². The molecule has 0 radical (unpaired) electrons. The highest BCUT2D eigenvalue weighted by atomic mass is 32.2. The van der Waals surface area contributed by atoms with E-state index in [9.17, 15) is 4.79 Å². The molecule has 106 valence electrons. The van der Waals surface area contributed by atoms with Crippen molar-refractivity contribution in [3.63, 3.8) is 0 Å². The topological polar surface area (TPSA) is 40.9 Å². The van der Waals surface area contributed by atoms with Crippen molar-refractivity contribution in [1.82, 2.24) is 0 Å². The summed E-state index contributed by atoms with van der Waals surface area (Å²) in [4.78, 5) is 12.1. The maximum atomic E-state index is 12.1. The number of rotatable bonds is 5. The van der Waals surface area contributed by atoms with E-state index in [0.29, 0.717) is 11.3 Å². The smallest absolute Gasteiger partial charge is 0.172 e. The van der Waals surface area contributed by atoms with Crippen LogP contribution in [0, 0.1) is 25.2 Å². The van der Waals surface area contributed by atoms with Crippen molar-refractivity contribution in [1.29, 1.82) is 5.26 Å². The Labute approximate surface area is 129 Å². The van der Waals surface area contributed by atoms with Crippen molar-refractivity contribution in [2.75, 3.05) is 5.75 Å². The molecule has 0 N–H and O–H groups in total. The molecular weight excluding hydrogens is 278 g/mol. The van der Waals surface area contributed by atoms with Gasteiger partial charge in [-0.15, -0.1) is 11.8 Å². The molecule has 21 heavy (non-hydrogen) atoms. The summed E-state index contributed by atoms with van der Waals surface area (Å²) in [5, 5.41) is 8.86. The summed E-state index contributed by atoms with van der Waals surface area (Å²) < 4.78 is 0. The van der Waals surface area contributed by atoms with E-state index in [0.717, 1.165) is 22.4 Å². The molecule has 0 aliphatic rings. The molecule has 3 heteroatoms. The molecule has 0 aliphatic carbocycles.